The van der Waals surface area contributed by atoms with Crippen molar-refractivity contribution in [3.63, 3.8) is 0 Å². The lowest BCUT2D eigenvalue weighted by Gasteiger charge is -2.31. The van der Waals surface area contributed by atoms with E-state index in [2.05, 4.69) is 12.2 Å². The number of anilines is 1. The zero-order valence-electron chi connectivity index (χ0n) is 19.3. The maximum atomic E-state index is 13.7. The van der Waals surface area contributed by atoms with Gasteiger partial charge in [0.25, 0.3) is 5.56 Å². The van der Waals surface area contributed by atoms with E-state index in [0.29, 0.717) is 30.3 Å². The maximum absolute atomic E-state index is 13.7. The number of urea groups is 1. The highest BCUT2D eigenvalue weighted by Crippen LogP contribution is 2.30. The zero-order valence-corrected chi connectivity index (χ0v) is 19.3. The topological polar surface area (TPSA) is 67.2 Å². The number of amides is 2. The van der Waals surface area contributed by atoms with Crippen LogP contribution in [0.2, 0.25) is 0 Å². The SMILES string of the molecule is CCCc1ccccc1NC(=O)N(Cc1ccccc1)C1CCc2nc3ccccc3c(=O)n21. The van der Waals surface area contributed by atoms with Gasteiger partial charge in [-0.1, -0.05) is 74.0 Å². The fourth-order valence-electron chi connectivity index (χ4n) is 4.77. The summed E-state index contributed by atoms with van der Waals surface area (Å²) in [4.78, 5) is 33.7. The first-order valence-electron chi connectivity index (χ1n) is 11.9. The second kappa shape index (κ2) is 9.51. The molecule has 2 amide bonds. The quantitative estimate of drug-likeness (QED) is 0.418. The van der Waals surface area contributed by atoms with Crippen molar-refractivity contribution in [1.29, 1.82) is 0 Å². The van der Waals surface area contributed by atoms with Gasteiger partial charge in [0.15, 0.2) is 0 Å². The molecule has 0 saturated heterocycles. The molecule has 0 radical (unpaired) electrons. The molecule has 1 aliphatic heterocycles. The van der Waals surface area contributed by atoms with Crippen LogP contribution < -0.4 is 10.9 Å². The van der Waals surface area contributed by atoms with Crippen LogP contribution >= 0.6 is 0 Å². The molecule has 6 nitrogen and oxygen atoms in total. The van der Waals surface area contributed by atoms with E-state index in [4.69, 9.17) is 4.98 Å². The lowest BCUT2D eigenvalue weighted by molar-refractivity contribution is 0.155. The molecule has 1 N–H and O–H groups in total. The summed E-state index contributed by atoms with van der Waals surface area (Å²) >= 11 is 0. The molecule has 0 aliphatic carbocycles. The number of carbonyl (C=O) groups excluding carboxylic acids is 1. The summed E-state index contributed by atoms with van der Waals surface area (Å²) in [6.45, 7) is 2.52. The van der Waals surface area contributed by atoms with Gasteiger partial charge in [0.2, 0.25) is 0 Å². The molecule has 34 heavy (non-hydrogen) atoms. The zero-order chi connectivity index (χ0) is 23.5. The highest BCUT2D eigenvalue weighted by molar-refractivity contribution is 5.90. The number of para-hydroxylation sites is 2. The number of hydrogen-bond donors (Lipinski definition) is 1. The Bertz CT molecular complexity index is 1380. The van der Waals surface area contributed by atoms with Gasteiger partial charge in [-0.05, 0) is 42.2 Å². The second-order valence-corrected chi connectivity index (χ2v) is 8.69. The first kappa shape index (κ1) is 21.9. The van der Waals surface area contributed by atoms with Gasteiger partial charge >= 0.3 is 6.03 Å². The van der Waals surface area contributed by atoms with Crippen LogP contribution in [0.15, 0.2) is 83.7 Å². The fraction of sp³-hybridized carbons (Fsp3) is 0.250. The van der Waals surface area contributed by atoms with Gasteiger partial charge < -0.3 is 5.32 Å². The molecule has 0 fully saturated rings. The third kappa shape index (κ3) is 4.19. The third-order valence-corrected chi connectivity index (χ3v) is 6.40. The van der Waals surface area contributed by atoms with E-state index in [-0.39, 0.29) is 11.6 Å². The van der Waals surface area contributed by atoms with Crippen molar-refractivity contribution in [2.75, 3.05) is 5.32 Å². The Kier molecular flexibility index (Phi) is 6.12. The van der Waals surface area contributed by atoms with Crippen molar-refractivity contribution >= 4 is 22.6 Å². The monoisotopic (exact) mass is 452 g/mol. The molecule has 0 saturated carbocycles. The average Bonchev–Trinajstić information content (AvgIpc) is 3.28. The summed E-state index contributed by atoms with van der Waals surface area (Å²) in [6, 6.07) is 25.0. The Balaban J connectivity index is 1.54. The molecule has 1 unspecified atom stereocenters. The van der Waals surface area contributed by atoms with Gasteiger partial charge in [0.1, 0.15) is 12.0 Å². The largest absolute Gasteiger partial charge is 0.323 e. The molecule has 3 aromatic carbocycles. The van der Waals surface area contributed by atoms with Gasteiger partial charge in [0.05, 0.1) is 10.9 Å². The standard InChI is InChI=1S/C28H28N4O2/c1-2-10-21-13-6-8-15-23(21)30-28(34)31(19-20-11-4-3-5-12-20)26-18-17-25-29-24-16-9-7-14-22(24)27(33)32(25)26/h3-9,11-16,26H,2,10,17-19H2,1H3,(H,30,34). The molecular formula is C28H28N4O2. The molecule has 1 aliphatic rings. The maximum Gasteiger partial charge on any atom is 0.323 e. The summed E-state index contributed by atoms with van der Waals surface area (Å²) in [5.41, 5.74) is 3.53. The highest BCUT2D eigenvalue weighted by Gasteiger charge is 2.33. The molecule has 4 aromatic rings. The van der Waals surface area contributed by atoms with Crippen molar-refractivity contribution in [3.8, 4) is 0 Å². The van der Waals surface area contributed by atoms with Crippen LogP contribution in [0, 0.1) is 0 Å². The normalized spacial score (nSPS) is 14.7. The number of nitrogens with one attached hydrogen (secondary N) is 1. The predicted octanol–water partition coefficient (Wildman–Crippen LogP) is 5.53. The summed E-state index contributed by atoms with van der Waals surface area (Å²) in [5, 5.41) is 3.71. The van der Waals surface area contributed by atoms with Crippen LogP contribution in [0.5, 0.6) is 0 Å². The minimum atomic E-state index is -0.404. The second-order valence-electron chi connectivity index (χ2n) is 8.69. The molecule has 6 heteroatoms. The van der Waals surface area contributed by atoms with Crippen molar-refractivity contribution in [3.05, 3.63) is 106 Å². The van der Waals surface area contributed by atoms with E-state index < -0.39 is 6.17 Å². The Morgan fingerprint density at radius 3 is 2.59 bits per heavy atom. The van der Waals surface area contributed by atoms with Crippen LogP contribution in [-0.4, -0.2) is 20.5 Å². The molecular weight excluding hydrogens is 424 g/mol. The summed E-state index contributed by atoms with van der Waals surface area (Å²) < 4.78 is 1.71. The molecule has 1 aromatic heterocycles. The lowest BCUT2D eigenvalue weighted by atomic mass is 10.1. The Labute approximate surface area is 198 Å². The van der Waals surface area contributed by atoms with Crippen molar-refractivity contribution in [2.24, 2.45) is 0 Å². The van der Waals surface area contributed by atoms with Crippen LogP contribution in [0.4, 0.5) is 10.5 Å². The minimum absolute atomic E-state index is 0.0969. The Morgan fingerprint density at radius 1 is 1.03 bits per heavy atom. The number of nitrogens with zero attached hydrogens (tertiary/aromatic N) is 3. The molecule has 5 rings (SSSR count). The molecule has 0 bridgehead atoms. The van der Waals surface area contributed by atoms with Crippen molar-refractivity contribution < 1.29 is 4.79 Å². The van der Waals surface area contributed by atoms with Gasteiger partial charge in [-0.15, -0.1) is 0 Å². The number of aromatic nitrogens is 2. The van der Waals surface area contributed by atoms with E-state index in [9.17, 15) is 9.59 Å². The van der Waals surface area contributed by atoms with E-state index >= 15 is 0 Å². The van der Waals surface area contributed by atoms with Gasteiger partial charge in [-0.25, -0.2) is 9.78 Å². The van der Waals surface area contributed by atoms with Crippen LogP contribution in [0.25, 0.3) is 10.9 Å². The van der Waals surface area contributed by atoms with Crippen molar-refractivity contribution in [1.82, 2.24) is 14.5 Å². The summed E-state index contributed by atoms with van der Waals surface area (Å²) in [7, 11) is 0. The van der Waals surface area contributed by atoms with E-state index in [1.165, 1.54) is 0 Å². The van der Waals surface area contributed by atoms with Crippen LogP contribution in [-0.2, 0) is 19.4 Å². The number of fused-ring (bicyclic) bond motifs is 2. The first-order chi connectivity index (χ1) is 16.7. The van der Waals surface area contributed by atoms with E-state index in [1.807, 2.05) is 72.8 Å². The van der Waals surface area contributed by atoms with Crippen LogP contribution in [0.3, 0.4) is 0 Å². The number of carbonyl (C=O) groups is 1. The minimum Gasteiger partial charge on any atom is -0.307 e. The Morgan fingerprint density at radius 2 is 1.76 bits per heavy atom. The lowest BCUT2D eigenvalue weighted by Crippen LogP contribution is -2.42. The van der Waals surface area contributed by atoms with Crippen LogP contribution in [0.1, 0.15) is 42.9 Å². The van der Waals surface area contributed by atoms with E-state index in [1.54, 1.807) is 15.5 Å². The number of hydrogen-bond acceptors (Lipinski definition) is 3. The number of rotatable bonds is 6. The molecule has 172 valence electrons. The van der Waals surface area contributed by atoms with E-state index in [0.717, 1.165) is 35.5 Å². The number of benzene rings is 3. The fourth-order valence-corrected chi connectivity index (χ4v) is 4.77. The first-order valence-corrected chi connectivity index (χ1v) is 11.9. The average molecular weight is 453 g/mol. The smallest absolute Gasteiger partial charge is 0.307 e. The summed E-state index contributed by atoms with van der Waals surface area (Å²) in [6.07, 6.45) is 2.77. The predicted molar refractivity (Wildman–Crippen MR) is 135 cm³/mol. The highest BCUT2D eigenvalue weighted by atomic mass is 16.2. The molecule has 2 heterocycles. The summed E-state index contributed by atoms with van der Waals surface area (Å²) in [5.74, 6) is 0.728. The Hall–Kier alpha value is -3.93. The number of aryl methyl sites for hydroxylation is 2. The van der Waals surface area contributed by atoms with Gasteiger partial charge in [-0.3, -0.25) is 14.3 Å². The molecule has 0 spiro atoms. The van der Waals surface area contributed by atoms with Gasteiger partial charge in [-0.2, -0.15) is 0 Å². The van der Waals surface area contributed by atoms with Gasteiger partial charge in [0, 0.05) is 18.7 Å². The third-order valence-electron chi connectivity index (χ3n) is 6.40. The molecule has 1 atom stereocenters. The van der Waals surface area contributed by atoms with Crippen molar-refractivity contribution in [2.45, 2.75) is 45.3 Å².